The van der Waals surface area contributed by atoms with Crippen LogP contribution in [-0.4, -0.2) is 92.3 Å². The molecule has 0 bridgehead atoms. The second-order valence-corrected chi connectivity index (χ2v) is 18.1. The number of sulfonamides is 1. The van der Waals surface area contributed by atoms with E-state index >= 15 is 0 Å². The topological polar surface area (TPSA) is 224 Å². The summed E-state index contributed by atoms with van der Waals surface area (Å²) < 4.78 is 32.0. The number of primary sulfonamides is 1. The van der Waals surface area contributed by atoms with E-state index in [2.05, 4.69) is 46.8 Å². The highest BCUT2D eigenvalue weighted by atomic mass is 79.9. The van der Waals surface area contributed by atoms with Crippen LogP contribution in [0.4, 0.5) is 0 Å². The summed E-state index contributed by atoms with van der Waals surface area (Å²) in [5.41, 5.74) is 8.21. The van der Waals surface area contributed by atoms with Gasteiger partial charge in [-0.25, -0.2) is 28.1 Å². The van der Waals surface area contributed by atoms with Gasteiger partial charge >= 0.3 is 11.9 Å². The number of aliphatic imine (C=N–C) groups is 2. The zero-order chi connectivity index (χ0) is 44.3. The number of aromatic carboxylic acids is 2. The lowest BCUT2D eigenvalue weighted by Crippen LogP contribution is -2.40. The monoisotopic (exact) mass is 1000 g/mol. The number of amides is 1. The molecule has 3 aliphatic heterocycles. The van der Waals surface area contributed by atoms with Crippen molar-refractivity contribution in [2.75, 3.05) is 26.3 Å². The predicted molar refractivity (Wildman–Crippen MR) is 241 cm³/mol. The number of benzene rings is 4. The zero-order valence-corrected chi connectivity index (χ0v) is 37.6. The Morgan fingerprint density at radius 1 is 0.806 bits per heavy atom. The van der Waals surface area contributed by atoms with Crippen LogP contribution in [0.5, 0.6) is 0 Å². The summed E-state index contributed by atoms with van der Waals surface area (Å²) >= 11 is 7.86. The number of hydrogen-bond acceptors (Lipinski definition) is 11. The van der Waals surface area contributed by atoms with Crippen LogP contribution >= 0.6 is 43.2 Å². The average molecular weight is 1000 g/mol. The van der Waals surface area contributed by atoms with Gasteiger partial charge < -0.3 is 19.8 Å². The Labute approximate surface area is 375 Å². The third-order valence-corrected chi connectivity index (χ3v) is 13.2. The van der Waals surface area contributed by atoms with Crippen molar-refractivity contribution >= 4 is 97.0 Å². The van der Waals surface area contributed by atoms with Gasteiger partial charge in [0.05, 0.1) is 42.3 Å². The molecule has 0 unspecified atom stereocenters. The average Bonchev–Trinajstić information content (AvgIpc) is 4.07. The minimum Gasteiger partial charge on any atom is -0.478 e. The van der Waals surface area contributed by atoms with Crippen molar-refractivity contribution in [3.05, 3.63) is 146 Å². The maximum absolute atomic E-state index is 13.1. The van der Waals surface area contributed by atoms with Crippen LogP contribution in [0.1, 0.15) is 81.9 Å². The SMILES string of the molecule is CC(=O)c1ccc2c(c1)CN=C2Br.NS(=O)(=O)c1ccc(Cc2cn(-c3nc(C(=O)O)cs3)c3cc(C(=O)N4CCOCC4)ccc23)cc1.O=C(O)c1ccc2c(c1)CN=C2Br. The highest BCUT2D eigenvalue weighted by Gasteiger charge is 2.22. The first-order chi connectivity index (χ1) is 29.6. The second-order valence-electron chi connectivity index (χ2n) is 14.2. The highest BCUT2D eigenvalue weighted by Crippen LogP contribution is 2.31. The molecule has 62 heavy (non-hydrogen) atoms. The Bertz CT molecular complexity index is 2860. The van der Waals surface area contributed by atoms with Crippen molar-refractivity contribution in [2.24, 2.45) is 15.1 Å². The molecule has 1 fully saturated rings. The first kappa shape index (κ1) is 44.4. The Kier molecular flexibility index (Phi) is 13.4. The number of fused-ring (bicyclic) bond motifs is 3. The minimum atomic E-state index is -3.79. The highest BCUT2D eigenvalue weighted by molar-refractivity contribution is 9.18. The van der Waals surface area contributed by atoms with E-state index in [1.807, 2.05) is 30.5 Å². The van der Waals surface area contributed by atoms with E-state index in [1.54, 1.807) is 58.9 Å². The largest absolute Gasteiger partial charge is 0.478 e. The van der Waals surface area contributed by atoms with Gasteiger partial charge in [0.25, 0.3) is 5.91 Å². The molecular weight excluding hydrogens is 968 g/mol. The zero-order valence-electron chi connectivity index (χ0n) is 32.7. The van der Waals surface area contributed by atoms with E-state index in [0.29, 0.717) is 62.1 Å². The van der Waals surface area contributed by atoms with Crippen LogP contribution in [-0.2, 0) is 34.3 Å². The summed E-state index contributed by atoms with van der Waals surface area (Å²) in [6, 6.07) is 22.5. The number of thiazole rings is 1. The molecule has 9 rings (SSSR count). The van der Waals surface area contributed by atoms with Gasteiger partial charge in [-0.05, 0) is 110 Å². The molecular formula is C43H36Br2N6O9S2. The summed E-state index contributed by atoms with van der Waals surface area (Å²) in [5.74, 6) is -2.01. The number of nitrogens with zero attached hydrogens (tertiary/aromatic N) is 5. The molecule has 0 spiro atoms. The fourth-order valence-electron chi connectivity index (χ4n) is 6.85. The molecule has 1 saturated heterocycles. The molecule has 15 nitrogen and oxygen atoms in total. The Hall–Kier alpha value is -5.70. The van der Waals surface area contributed by atoms with Gasteiger partial charge in [0.1, 0.15) is 9.24 Å². The summed E-state index contributed by atoms with van der Waals surface area (Å²) in [7, 11) is -3.79. The van der Waals surface area contributed by atoms with Crippen molar-refractivity contribution in [3.63, 3.8) is 0 Å². The van der Waals surface area contributed by atoms with Gasteiger partial charge in [-0.3, -0.25) is 24.1 Å². The van der Waals surface area contributed by atoms with E-state index in [0.717, 1.165) is 59.1 Å². The predicted octanol–water partition coefficient (Wildman–Crippen LogP) is 7.08. The standard InChI is InChI=1S/C24H22N4O6S2.C10H8BrNO.C9H6BrNO2/c25-36(32,33)18-4-1-15(2-5-18)11-17-13-28(24-26-20(14-35-24)23(30)31)21-12-16(3-6-19(17)21)22(29)27-7-9-34-10-8-27;1-6(13)7-2-3-9-8(4-7)5-12-10(9)11;10-8-7-2-1-5(9(12)13)3-6(7)4-11-8/h1-6,12-14H,7-11H2,(H,30,31)(H2,25,32,33);2-4H,5H2,1H3;1-3H,4H2,(H,12,13). The molecule has 0 aliphatic carbocycles. The molecule has 4 aromatic carbocycles. The Balaban J connectivity index is 0.000000179. The van der Waals surface area contributed by atoms with Gasteiger partial charge in [0.2, 0.25) is 10.0 Å². The minimum absolute atomic E-state index is 0.0314. The van der Waals surface area contributed by atoms with Gasteiger partial charge in [-0.15, -0.1) is 11.3 Å². The molecule has 3 aliphatic rings. The van der Waals surface area contributed by atoms with Crippen LogP contribution in [0.3, 0.4) is 0 Å². The van der Waals surface area contributed by atoms with Gasteiger partial charge in [-0.1, -0.05) is 36.4 Å². The summed E-state index contributed by atoms with van der Waals surface area (Å²) in [4.78, 5) is 60.6. The van der Waals surface area contributed by atoms with Crippen molar-refractivity contribution in [1.29, 1.82) is 0 Å². The molecule has 0 radical (unpaired) electrons. The van der Waals surface area contributed by atoms with Crippen LogP contribution < -0.4 is 5.14 Å². The lowest BCUT2D eigenvalue weighted by atomic mass is 10.0. The molecule has 6 aromatic rings. The van der Waals surface area contributed by atoms with E-state index in [4.69, 9.17) is 15.0 Å². The molecule has 4 N–H and O–H groups in total. The first-order valence-corrected chi connectivity index (χ1v) is 22.8. The molecule has 1 amide bonds. The number of carboxylic acids is 2. The number of ether oxygens (including phenoxy) is 1. The van der Waals surface area contributed by atoms with Gasteiger partial charge in [0.15, 0.2) is 16.6 Å². The number of ketones is 1. The lowest BCUT2D eigenvalue weighted by molar-refractivity contribution is 0.0303. The number of rotatable bonds is 8. The maximum atomic E-state index is 13.1. The quantitative estimate of drug-likeness (QED) is 0.131. The van der Waals surface area contributed by atoms with Crippen LogP contribution in [0.25, 0.3) is 16.0 Å². The number of halogens is 2. The summed E-state index contributed by atoms with van der Waals surface area (Å²) in [6.45, 7) is 4.85. The van der Waals surface area contributed by atoms with Crippen molar-refractivity contribution < 1.29 is 42.5 Å². The third kappa shape index (κ3) is 9.98. The van der Waals surface area contributed by atoms with Crippen molar-refractivity contribution in [3.8, 4) is 5.13 Å². The van der Waals surface area contributed by atoms with Gasteiger partial charge in [0, 0.05) is 52.3 Å². The molecule has 5 heterocycles. The fraction of sp³-hybridized carbons (Fsp3) is 0.186. The van der Waals surface area contributed by atoms with Crippen LogP contribution in [0.2, 0.25) is 0 Å². The number of carbonyl (C=O) groups excluding carboxylic acids is 2. The first-order valence-electron chi connectivity index (χ1n) is 18.8. The number of aromatic nitrogens is 2. The Morgan fingerprint density at radius 2 is 1.40 bits per heavy atom. The normalized spacial score (nSPS) is 14.1. The number of morpholine rings is 1. The summed E-state index contributed by atoms with van der Waals surface area (Å²) in [5, 5.41) is 26.1. The molecule has 0 atom stereocenters. The van der Waals surface area contributed by atoms with Crippen molar-refractivity contribution in [2.45, 2.75) is 31.3 Å². The van der Waals surface area contributed by atoms with E-state index in [9.17, 15) is 32.7 Å². The second kappa shape index (κ2) is 18.7. The Morgan fingerprint density at radius 3 is 1.97 bits per heavy atom. The molecule has 318 valence electrons. The third-order valence-electron chi connectivity index (χ3n) is 10.1. The van der Waals surface area contributed by atoms with Crippen molar-refractivity contribution in [1.82, 2.24) is 14.5 Å². The van der Waals surface area contributed by atoms with Gasteiger partial charge in [-0.2, -0.15) is 0 Å². The van der Waals surface area contributed by atoms with E-state index < -0.39 is 22.0 Å². The van der Waals surface area contributed by atoms with Crippen LogP contribution in [0.15, 0.2) is 105 Å². The summed E-state index contributed by atoms with van der Waals surface area (Å²) in [6.07, 6.45) is 2.34. The fourth-order valence-corrected chi connectivity index (χ4v) is 9.18. The van der Waals surface area contributed by atoms with Crippen LogP contribution in [0, 0.1) is 0 Å². The van der Waals surface area contributed by atoms with E-state index in [1.165, 1.54) is 28.8 Å². The molecule has 19 heteroatoms. The number of nitrogens with two attached hydrogens (primary N) is 1. The number of carbonyl (C=O) groups is 4. The van der Waals surface area contributed by atoms with E-state index in [-0.39, 0.29) is 22.3 Å². The molecule has 0 saturated carbocycles. The maximum Gasteiger partial charge on any atom is 0.355 e. The molecule has 2 aromatic heterocycles. The lowest BCUT2D eigenvalue weighted by Gasteiger charge is -2.26. The number of carboxylic acid groups (broad SMARTS) is 2. The number of hydrogen-bond donors (Lipinski definition) is 3. The number of Topliss-reactive ketones (excluding diaryl/α,β-unsaturated/α-hetero) is 1. The smallest absolute Gasteiger partial charge is 0.355 e.